The van der Waals surface area contributed by atoms with E-state index in [0.717, 1.165) is 40.3 Å². The predicted molar refractivity (Wildman–Crippen MR) is 123 cm³/mol. The van der Waals surface area contributed by atoms with Crippen LogP contribution in [-0.4, -0.2) is 54.3 Å². The molecule has 3 heterocycles. The van der Waals surface area contributed by atoms with E-state index >= 15 is 0 Å². The number of urea groups is 1. The Hall–Kier alpha value is -3.36. The molecule has 184 valence electrons. The first-order valence-corrected chi connectivity index (χ1v) is 11.6. The highest BCUT2D eigenvalue weighted by Crippen LogP contribution is 2.50. The number of barbiturate groups is 1. The molecule has 5 rings (SSSR count). The van der Waals surface area contributed by atoms with Crippen molar-refractivity contribution in [2.45, 2.75) is 37.9 Å². The van der Waals surface area contributed by atoms with Crippen LogP contribution >= 0.6 is 0 Å². The molecule has 0 saturated carbocycles. The Kier molecular flexibility index (Phi) is 5.41. The summed E-state index contributed by atoms with van der Waals surface area (Å²) in [5.74, 6) is -1.12. The van der Waals surface area contributed by atoms with E-state index in [2.05, 4.69) is 0 Å². The van der Waals surface area contributed by atoms with Gasteiger partial charge in [0.05, 0.1) is 11.6 Å². The van der Waals surface area contributed by atoms with Crippen molar-refractivity contribution in [2.24, 2.45) is 11.3 Å². The van der Waals surface area contributed by atoms with Crippen LogP contribution < -0.4 is 4.90 Å². The Balaban J connectivity index is 1.61. The third-order valence-electron chi connectivity index (χ3n) is 7.78. The number of hydrogen-bond donors (Lipinski definition) is 0. The topological polar surface area (TPSA) is 60.9 Å². The Morgan fingerprint density at radius 2 is 1.63 bits per heavy atom. The molecule has 0 aliphatic carbocycles. The summed E-state index contributed by atoms with van der Waals surface area (Å²) >= 11 is 0. The summed E-state index contributed by atoms with van der Waals surface area (Å²) < 4.78 is 40.5. The summed E-state index contributed by atoms with van der Waals surface area (Å²) in [5, 5.41) is 0. The van der Waals surface area contributed by atoms with Gasteiger partial charge in [-0.15, -0.1) is 0 Å². The van der Waals surface area contributed by atoms with Crippen LogP contribution in [0.15, 0.2) is 48.5 Å². The van der Waals surface area contributed by atoms with Gasteiger partial charge in [0.25, 0.3) is 0 Å². The van der Waals surface area contributed by atoms with E-state index in [0.29, 0.717) is 24.2 Å². The lowest BCUT2D eigenvalue weighted by Gasteiger charge is -2.55. The number of rotatable bonds is 2. The number of imide groups is 2. The number of fused-ring (bicyclic) bond motifs is 4. The van der Waals surface area contributed by atoms with E-state index in [-0.39, 0.29) is 12.3 Å². The average Bonchev–Trinajstić information content (AvgIpc) is 2.84. The van der Waals surface area contributed by atoms with Crippen LogP contribution in [0.2, 0.25) is 0 Å². The standard InChI is InChI=1S/C26H26F3N3O3/c1-30-22(33)25(23(34)31(2)24(30)35)15-18-14-19(26(27,28)29)8-9-20(18)32-11-10-17(13-21(25)32)12-16-6-4-3-5-7-16/h3-9,14,17,21H,10-13,15H2,1-2H3/t17-,21+/m0/s1. The predicted octanol–water partition coefficient (Wildman–Crippen LogP) is 4.13. The van der Waals surface area contributed by atoms with Gasteiger partial charge in [-0.05, 0) is 60.9 Å². The second-order valence-corrected chi connectivity index (χ2v) is 9.79. The number of halogens is 3. The highest BCUT2D eigenvalue weighted by Gasteiger charge is 2.63. The van der Waals surface area contributed by atoms with Crippen LogP contribution in [0.1, 0.15) is 29.5 Å². The summed E-state index contributed by atoms with van der Waals surface area (Å²) in [6, 6.07) is 12.2. The van der Waals surface area contributed by atoms with Gasteiger partial charge in [-0.2, -0.15) is 13.2 Å². The molecule has 3 aliphatic rings. The van der Waals surface area contributed by atoms with Gasteiger partial charge in [-0.3, -0.25) is 19.4 Å². The maximum Gasteiger partial charge on any atom is 0.416 e. The second kappa shape index (κ2) is 8.10. The van der Waals surface area contributed by atoms with Gasteiger partial charge in [0, 0.05) is 26.3 Å². The number of hydrogen-bond acceptors (Lipinski definition) is 4. The summed E-state index contributed by atoms with van der Waals surface area (Å²) in [7, 11) is 2.65. The van der Waals surface area contributed by atoms with E-state index in [1.165, 1.54) is 20.2 Å². The Bertz CT molecular complexity index is 1170. The quantitative estimate of drug-likeness (QED) is 0.601. The SMILES string of the molecule is CN1C(=O)N(C)C(=O)C2(Cc3cc(C(F)(F)F)ccc3N3CC[C@@H](Cc4ccccc4)C[C@@H]32)C1=O. The summed E-state index contributed by atoms with van der Waals surface area (Å²) in [6.45, 7) is 0.504. The molecule has 0 unspecified atom stereocenters. The molecule has 0 aromatic heterocycles. The second-order valence-electron chi connectivity index (χ2n) is 9.79. The summed E-state index contributed by atoms with van der Waals surface area (Å²) in [4.78, 5) is 43.7. The molecular formula is C26H26F3N3O3. The Morgan fingerprint density at radius 1 is 0.971 bits per heavy atom. The molecular weight excluding hydrogens is 459 g/mol. The number of nitrogens with zero attached hydrogens (tertiary/aromatic N) is 3. The number of anilines is 1. The molecule has 2 aromatic rings. The number of piperidine rings is 1. The van der Waals surface area contributed by atoms with E-state index in [4.69, 9.17) is 0 Å². The highest BCUT2D eigenvalue weighted by molar-refractivity contribution is 6.20. The fourth-order valence-corrected chi connectivity index (χ4v) is 6.05. The van der Waals surface area contributed by atoms with Crippen molar-refractivity contribution in [3.8, 4) is 0 Å². The molecule has 3 aliphatic heterocycles. The smallest absolute Gasteiger partial charge is 0.367 e. The Morgan fingerprint density at radius 3 is 2.26 bits per heavy atom. The zero-order valence-corrected chi connectivity index (χ0v) is 19.5. The Labute approximate surface area is 201 Å². The van der Waals surface area contributed by atoms with Gasteiger partial charge >= 0.3 is 12.2 Å². The maximum atomic E-state index is 13.7. The van der Waals surface area contributed by atoms with Crippen LogP contribution in [0.5, 0.6) is 0 Å². The van der Waals surface area contributed by atoms with E-state index < -0.39 is 41.0 Å². The number of carbonyl (C=O) groups excluding carboxylic acids is 3. The van der Waals surface area contributed by atoms with Crippen LogP contribution in [0, 0.1) is 11.3 Å². The zero-order chi connectivity index (χ0) is 25.1. The molecule has 6 nitrogen and oxygen atoms in total. The first-order valence-electron chi connectivity index (χ1n) is 11.6. The molecule has 0 radical (unpaired) electrons. The minimum absolute atomic E-state index is 0.175. The van der Waals surface area contributed by atoms with Gasteiger partial charge in [-0.25, -0.2) is 4.79 Å². The molecule has 9 heteroatoms. The third kappa shape index (κ3) is 3.59. The lowest BCUT2D eigenvalue weighted by molar-refractivity contribution is -0.160. The van der Waals surface area contributed by atoms with Crippen molar-refractivity contribution < 1.29 is 27.6 Å². The minimum Gasteiger partial charge on any atom is -0.367 e. The number of alkyl halides is 3. The van der Waals surface area contributed by atoms with Crippen LogP contribution in [0.3, 0.4) is 0 Å². The van der Waals surface area contributed by atoms with Crippen molar-refractivity contribution in [3.63, 3.8) is 0 Å². The third-order valence-corrected chi connectivity index (χ3v) is 7.78. The lowest BCUT2D eigenvalue weighted by Crippen LogP contribution is -2.72. The highest BCUT2D eigenvalue weighted by atomic mass is 19.4. The largest absolute Gasteiger partial charge is 0.416 e. The normalized spacial score (nSPS) is 24.0. The van der Waals surface area contributed by atoms with Crippen LogP contribution in [0.25, 0.3) is 0 Å². The minimum atomic E-state index is -4.55. The number of benzene rings is 2. The van der Waals surface area contributed by atoms with Gasteiger partial charge in [0.2, 0.25) is 11.8 Å². The van der Waals surface area contributed by atoms with E-state index in [9.17, 15) is 27.6 Å². The monoisotopic (exact) mass is 485 g/mol. The van der Waals surface area contributed by atoms with Crippen LogP contribution in [-0.2, 0) is 28.6 Å². The van der Waals surface area contributed by atoms with Gasteiger partial charge in [-0.1, -0.05) is 30.3 Å². The number of carbonyl (C=O) groups is 3. The first-order chi connectivity index (χ1) is 16.5. The zero-order valence-electron chi connectivity index (χ0n) is 19.5. The molecule has 0 bridgehead atoms. The lowest BCUT2D eigenvalue weighted by atomic mass is 9.64. The van der Waals surface area contributed by atoms with Gasteiger partial charge in [0.15, 0.2) is 5.41 Å². The molecule has 2 aromatic carbocycles. The molecule has 2 atom stereocenters. The van der Waals surface area contributed by atoms with Gasteiger partial charge < -0.3 is 4.90 Å². The van der Waals surface area contributed by atoms with Crippen molar-refractivity contribution >= 4 is 23.5 Å². The molecule has 35 heavy (non-hydrogen) atoms. The molecule has 1 spiro atoms. The number of amides is 4. The van der Waals surface area contributed by atoms with Crippen molar-refractivity contribution in [3.05, 3.63) is 65.2 Å². The molecule has 4 amide bonds. The van der Waals surface area contributed by atoms with Gasteiger partial charge in [0.1, 0.15) is 0 Å². The average molecular weight is 486 g/mol. The molecule has 2 saturated heterocycles. The summed E-state index contributed by atoms with van der Waals surface area (Å²) in [6.07, 6.45) is -2.66. The fourth-order valence-electron chi connectivity index (χ4n) is 6.05. The fraction of sp³-hybridized carbons (Fsp3) is 0.423. The summed E-state index contributed by atoms with van der Waals surface area (Å²) in [5.41, 5.74) is -0.414. The molecule has 2 fully saturated rings. The van der Waals surface area contributed by atoms with Crippen LogP contribution in [0.4, 0.5) is 23.7 Å². The van der Waals surface area contributed by atoms with Crippen molar-refractivity contribution in [2.75, 3.05) is 25.5 Å². The van der Waals surface area contributed by atoms with E-state index in [1.54, 1.807) is 0 Å². The van der Waals surface area contributed by atoms with Crippen molar-refractivity contribution in [1.82, 2.24) is 9.80 Å². The molecule has 0 N–H and O–H groups in total. The first kappa shape index (κ1) is 23.4. The van der Waals surface area contributed by atoms with E-state index in [1.807, 2.05) is 35.2 Å². The van der Waals surface area contributed by atoms with Crippen molar-refractivity contribution in [1.29, 1.82) is 0 Å². The maximum absolute atomic E-state index is 13.7.